The molecule has 1 aromatic rings. The Kier molecular flexibility index (Phi) is 6.98. The monoisotopic (exact) mass is 346 g/mol. The number of aryl methyl sites for hydroxylation is 1. The van der Waals surface area contributed by atoms with E-state index >= 15 is 0 Å². The molecule has 136 valence electrons. The highest BCUT2D eigenvalue weighted by Gasteiger charge is 2.23. The Balaban J connectivity index is 1.68. The first-order valence-corrected chi connectivity index (χ1v) is 8.75. The fraction of sp³-hybridized carbons (Fsp3) is 0.526. The zero-order valence-corrected chi connectivity index (χ0v) is 14.8. The number of carbonyl (C=O) groups excluding carboxylic acids is 3. The minimum Gasteiger partial charge on any atom is -0.454 e. The van der Waals surface area contributed by atoms with Crippen molar-refractivity contribution in [2.75, 3.05) is 13.2 Å². The molecular formula is C19H26N2O4. The zero-order valence-electron chi connectivity index (χ0n) is 14.8. The lowest BCUT2D eigenvalue weighted by atomic mass is 9.86. The van der Waals surface area contributed by atoms with Crippen LogP contribution in [0.25, 0.3) is 0 Å². The second-order valence-electron chi connectivity index (χ2n) is 6.65. The van der Waals surface area contributed by atoms with E-state index < -0.39 is 5.97 Å². The molecule has 25 heavy (non-hydrogen) atoms. The SMILES string of the molecule is Cc1cccc(C(=O)NCC(=O)OCC(=O)N[C@H]2CCCC[C@H]2C)c1. The van der Waals surface area contributed by atoms with E-state index in [1.807, 2.05) is 13.0 Å². The highest BCUT2D eigenvalue weighted by Crippen LogP contribution is 2.23. The molecule has 2 atom stereocenters. The number of carbonyl (C=O) groups is 3. The van der Waals surface area contributed by atoms with E-state index in [1.165, 1.54) is 6.42 Å². The lowest BCUT2D eigenvalue weighted by Crippen LogP contribution is -2.43. The zero-order chi connectivity index (χ0) is 18.2. The molecule has 0 heterocycles. The fourth-order valence-electron chi connectivity index (χ4n) is 3.02. The van der Waals surface area contributed by atoms with Gasteiger partial charge in [-0.2, -0.15) is 0 Å². The summed E-state index contributed by atoms with van der Waals surface area (Å²) in [7, 11) is 0. The molecule has 0 spiro atoms. The molecule has 1 saturated carbocycles. The van der Waals surface area contributed by atoms with E-state index in [9.17, 15) is 14.4 Å². The quantitative estimate of drug-likeness (QED) is 0.771. The maximum absolute atomic E-state index is 11.9. The molecule has 0 unspecified atom stereocenters. The number of nitrogens with one attached hydrogen (secondary N) is 2. The number of ether oxygens (including phenoxy) is 1. The topological polar surface area (TPSA) is 84.5 Å². The number of benzene rings is 1. The van der Waals surface area contributed by atoms with Crippen molar-refractivity contribution in [3.63, 3.8) is 0 Å². The number of hydrogen-bond donors (Lipinski definition) is 2. The van der Waals surface area contributed by atoms with Gasteiger partial charge in [-0.3, -0.25) is 14.4 Å². The molecule has 2 rings (SSSR count). The van der Waals surface area contributed by atoms with Crippen molar-refractivity contribution in [3.8, 4) is 0 Å². The van der Waals surface area contributed by atoms with Crippen molar-refractivity contribution >= 4 is 17.8 Å². The van der Waals surface area contributed by atoms with Crippen LogP contribution >= 0.6 is 0 Å². The smallest absolute Gasteiger partial charge is 0.325 e. The molecule has 0 saturated heterocycles. The Morgan fingerprint density at radius 1 is 1.20 bits per heavy atom. The first kappa shape index (κ1) is 19.0. The molecule has 6 nitrogen and oxygen atoms in total. The predicted molar refractivity (Wildman–Crippen MR) is 94.0 cm³/mol. The van der Waals surface area contributed by atoms with Gasteiger partial charge in [0.05, 0.1) is 0 Å². The summed E-state index contributed by atoms with van der Waals surface area (Å²) in [6.45, 7) is 3.43. The van der Waals surface area contributed by atoms with E-state index in [0.717, 1.165) is 24.8 Å². The summed E-state index contributed by atoms with van der Waals surface area (Å²) in [6.07, 6.45) is 4.38. The van der Waals surface area contributed by atoms with Gasteiger partial charge in [0.15, 0.2) is 6.61 Å². The van der Waals surface area contributed by atoms with Gasteiger partial charge in [-0.25, -0.2) is 0 Å². The van der Waals surface area contributed by atoms with E-state index in [2.05, 4.69) is 17.6 Å². The number of esters is 1. The molecule has 0 aliphatic heterocycles. The summed E-state index contributed by atoms with van der Waals surface area (Å²) in [5.74, 6) is -0.826. The predicted octanol–water partition coefficient (Wildman–Crippen LogP) is 1.96. The van der Waals surface area contributed by atoms with E-state index in [4.69, 9.17) is 4.74 Å². The lowest BCUT2D eigenvalue weighted by Gasteiger charge is -2.29. The molecule has 1 aromatic carbocycles. The van der Waals surface area contributed by atoms with E-state index in [-0.39, 0.29) is 31.0 Å². The Morgan fingerprint density at radius 2 is 1.96 bits per heavy atom. The van der Waals surface area contributed by atoms with Crippen LogP contribution in [0.5, 0.6) is 0 Å². The van der Waals surface area contributed by atoms with Crippen molar-refractivity contribution in [3.05, 3.63) is 35.4 Å². The molecule has 1 aliphatic carbocycles. The van der Waals surface area contributed by atoms with Crippen molar-refractivity contribution in [1.29, 1.82) is 0 Å². The molecule has 1 aliphatic rings. The molecule has 0 bridgehead atoms. The van der Waals surface area contributed by atoms with Gasteiger partial charge in [0, 0.05) is 11.6 Å². The Labute approximate surface area is 148 Å². The normalized spacial score (nSPS) is 19.8. The fourth-order valence-corrected chi connectivity index (χ4v) is 3.02. The van der Waals surface area contributed by atoms with Gasteiger partial charge in [-0.1, -0.05) is 37.5 Å². The van der Waals surface area contributed by atoms with Crippen LogP contribution in [0.4, 0.5) is 0 Å². The van der Waals surface area contributed by atoms with Gasteiger partial charge in [0.25, 0.3) is 11.8 Å². The average Bonchev–Trinajstić information content (AvgIpc) is 2.60. The van der Waals surface area contributed by atoms with Crippen molar-refractivity contribution < 1.29 is 19.1 Å². The van der Waals surface area contributed by atoms with Gasteiger partial charge < -0.3 is 15.4 Å². The van der Waals surface area contributed by atoms with E-state index in [1.54, 1.807) is 18.2 Å². The lowest BCUT2D eigenvalue weighted by molar-refractivity contribution is -0.147. The molecule has 1 fully saturated rings. The third-order valence-electron chi connectivity index (χ3n) is 4.50. The summed E-state index contributed by atoms with van der Waals surface area (Å²) < 4.78 is 4.92. The Hall–Kier alpha value is -2.37. The van der Waals surface area contributed by atoms with Crippen LogP contribution in [0, 0.1) is 12.8 Å². The summed E-state index contributed by atoms with van der Waals surface area (Å²) >= 11 is 0. The highest BCUT2D eigenvalue weighted by molar-refractivity contribution is 5.96. The van der Waals surface area contributed by atoms with Crippen LogP contribution in [-0.4, -0.2) is 37.0 Å². The summed E-state index contributed by atoms with van der Waals surface area (Å²) in [5, 5.41) is 5.41. The minimum atomic E-state index is -0.632. The third kappa shape index (κ3) is 6.21. The van der Waals surface area contributed by atoms with Crippen LogP contribution in [0.1, 0.15) is 48.5 Å². The number of amides is 2. The molecule has 6 heteroatoms. The standard InChI is InChI=1S/C19H26N2O4/c1-13-6-5-8-15(10-13)19(24)20-11-18(23)25-12-17(22)21-16-9-4-3-7-14(16)2/h5-6,8,10,14,16H,3-4,7,9,11-12H2,1-2H3,(H,20,24)(H,21,22)/t14-,16+/m1/s1. The van der Waals surface area contributed by atoms with Gasteiger partial charge >= 0.3 is 5.97 Å². The number of hydrogen-bond acceptors (Lipinski definition) is 4. The third-order valence-corrected chi connectivity index (χ3v) is 4.50. The maximum Gasteiger partial charge on any atom is 0.325 e. The average molecular weight is 346 g/mol. The van der Waals surface area contributed by atoms with Crippen LogP contribution in [0.15, 0.2) is 24.3 Å². The molecule has 2 N–H and O–H groups in total. The van der Waals surface area contributed by atoms with Gasteiger partial charge in [-0.05, 0) is 37.8 Å². The molecule has 0 aromatic heterocycles. The summed E-state index contributed by atoms with van der Waals surface area (Å²) in [5.41, 5.74) is 1.45. The number of rotatable bonds is 6. The Bertz CT molecular complexity index is 630. The van der Waals surface area contributed by atoms with Crippen LogP contribution < -0.4 is 10.6 Å². The van der Waals surface area contributed by atoms with Crippen molar-refractivity contribution in [2.24, 2.45) is 5.92 Å². The first-order valence-electron chi connectivity index (χ1n) is 8.75. The molecule has 0 radical (unpaired) electrons. The van der Waals surface area contributed by atoms with Crippen LogP contribution in [0.3, 0.4) is 0 Å². The van der Waals surface area contributed by atoms with Gasteiger partial charge in [0.2, 0.25) is 0 Å². The summed E-state index contributed by atoms with van der Waals surface area (Å²) in [4.78, 5) is 35.5. The van der Waals surface area contributed by atoms with Crippen LogP contribution in [0.2, 0.25) is 0 Å². The largest absolute Gasteiger partial charge is 0.454 e. The summed E-state index contributed by atoms with van der Waals surface area (Å²) in [6, 6.07) is 7.23. The molecule has 2 amide bonds. The second kappa shape index (κ2) is 9.20. The van der Waals surface area contributed by atoms with Crippen molar-refractivity contribution in [2.45, 2.75) is 45.6 Å². The first-order chi connectivity index (χ1) is 12.0. The maximum atomic E-state index is 11.9. The van der Waals surface area contributed by atoms with Crippen molar-refractivity contribution in [1.82, 2.24) is 10.6 Å². The second-order valence-corrected chi connectivity index (χ2v) is 6.65. The van der Waals surface area contributed by atoms with Gasteiger partial charge in [0.1, 0.15) is 6.54 Å². The van der Waals surface area contributed by atoms with Gasteiger partial charge in [-0.15, -0.1) is 0 Å². The molecular weight excluding hydrogens is 320 g/mol. The minimum absolute atomic E-state index is 0.154. The highest BCUT2D eigenvalue weighted by atomic mass is 16.5. The Morgan fingerprint density at radius 3 is 2.68 bits per heavy atom. The van der Waals surface area contributed by atoms with E-state index in [0.29, 0.717) is 11.5 Å². The van der Waals surface area contributed by atoms with Crippen LogP contribution in [-0.2, 0) is 14.3 Å².